The van der Waals surface area contributed by atoms with E-state index in [1.54, 1.807) is 0 Å². The summed E-state index contributed by atoms with van der Waals surface area (Å²) in [7, 11) is 0. The highest BCUT2D eigenvalue weighted by molar-refractivity contribution is 5.79. The average molecular weight is 275 g/mol. The maximum Gasteiger partial charge on any atom is 0.231 e. The number of amides is 1. The van der Waals surface area contributed by atoms with Crippen molar-refractivity contribution in [2.24, 2.45) is 5.92 Å². The number of carbonyl (C=O) groups excluding carboxylic acids is 1. The third-order valence-corrected chi connectivity index (χ3v) is 4.21. The Morgan fingerprint density at radius 2 is 2.00 bits per heavy atom. The maximum atomic E-state index is 12.5. The Bertz CT molecular complexity index is 494. The molecule has 108 valence electrons. The summed E-state index contributed by atoms with van der Waals surface area (Å²) >= 11 is 0. The maximum absolute atomic E-state index is 12.5. The molecule has 4 nitrogen and oxygen atoms in total. The lowest BCUT2D eigenvalue weighted by molar-refractivity contribution is -0.135. The highest BCUT2D eigenvalue weighted by Gasteiger charge is 2.26. The number of fused-ring (bicyclic) bond motifs is 1. The highest BCUT2D eigenvalue weighted by Crippen LogP contribution is 2.33. The number of ether oxygens (including phenoxy) is 2. The van der Waals surface area contributed by atoms with Gasteiger partial charge in [-0.1, -0.05) is 18.9 Å². The lowest BCUT2D eigenvalue weighted by atomic mass is 10.1. The van der Waals surface area contributed by atoms with Crippen LogP contribution in [0.25, 0.3) is 0 Å². The molecule has 1 heterocycles. The van der Waals surface area contributed by atoms with Crippen LogP contribution in [0.5, 0.6) is 11.5 Å². The summed E-state index contributed by atoms with van der Waals surface area (Å²) in [6.07, 6.45) is 4.49. The van der Waals surface area contributed by atoms with E-state index in [0.717, 1.165) is 36.4 Å². The van der Waals surface area contributed by atoms with Crippen LogP contribution in [0.1, 0.15) is 38.2 Å². The van der Waals surface area contributed by atoms with Gasteiger partial charge in [-0.2, -0.15) is 0 Å². The average Bonchev–Trinajstić information content (AvgIpc) is 3.14. The molecule has 1 aromatic carbocycles. The van der Waals surface area contributed by atoms with Crippen molar-refractivity contribution in [1.29, 1.82) is 0 Å². The van der Waals surface area contributed by atoms with Crippen molar-refractivity contribution in [3.63, 3.8) is 0 Å². The molecule has 0 aromatic heterocycles. The second-order valence-electron chi connectivity index (χ2n) is 5.52. The Kier molecular flexibility index (Phi) is 3.81. The molecule has 0 spiro atoms. The quantitative estimate of drug-likeness (QED) is 0.848. The molecule has 1 fully saturated rings. The first-order chi connectivity index (χ1) is 9.78. The van der Waals surface area contributed by atoms with Gasteiger partial charge >= 0.3 is 0 Å². The van der Waals surface area contributed by atoms with Crippen LogP contribution in [0.3, 0.4) is 0 Å². The number of nitrogens with zero attached hydrogens (tertiary/aromatic N) is 1. The molecule has 0 atom stereocenters. The van der Waals surface area contributed by atoms with Crippen molar-refractivity contribution >= 4 is 5.91 Å². The minimum atomic E-state index is 0.240. The summed E-state index contributed by atoms with van der Waals surface area (Å²) in [5.41, 5.74) is 1.10. The first kappa shape index (κ1) is 13.3. The van der Waals surface area contributed by atoms with Gasteiger partial charge in [-0.3, -0.25) is 4.79 Å². The van der Waals surface area contributed by atoms with E-state index in [1.807, 2.05) is 30.0 Å². The molecule has 4 heteroatoms. The van der Waals surface area contributed by atoms with E-state index in [9.17, 15) is 4.79 Å². The lowest BCUT2D eigenvalue weighted by Gasteiger charge is -2.24. The first-order valence-electron chi connectivity index (χ1n) is 7.45. The number of hydrogen-bond donors (Lipinski definition) is 0. The van der Waals surface area contributed by atoms with E-state index in [0.29, 0.717) is 12.5 Å². The van der Waals surface area contributed by atoms with Gasteiger partial charge < -0.3 is 14.4 Å². The molecule has 0 radical (unpaired) electrons. The summed E-state index contributed by atoms with van der Waals surface area (Å²) in [6, 6.07) is 5.91. The molecule has 1 aliphatic heterocycles. The van der Waals surface area contributed by atoms with Gasteiger partial charge in [0.2, 0.25) is 12.7 Å². The zero-order chi connectivity index (χ0) is 13.9. The van der Waals surface area contributed by atoms with Crippen LogP contribution in [0.4, 0.5) is 0 Å². The van der Waals surface area contributed by atoms with Crippen molar-refractivity contribution in [3.05, 3.63) is 23.8 Å². The van der Waals surface area contributed by atoms with Crippen molar-refractivity contribution in [3.8, 4) is 11.5 Å². The van der Waals surface area contributed by atoms with Crippen LogP contribution in [0.15, 0.2) is 18.2 Å². The third kappa shape index (κ3) is 2.60. The fourth-order valence-electron chi connectivity index (χ4n) is 3.04. The van der Waals surface area contributed by atoms with E-state index >= 15 is 0 Å². The van der Waals surface area contributed by atoms with Gasteiger partial charge in [-0.05, 0) is 37.5 Å². The minimum absolute atomic E-state index is 0.240. The van der Waals surface area contributed by atoms with Crippen LogP contribution >= 0.6 is 0 Å². The van der Waals surface area contributed by atoms with E-state index in [2.05, 4.69) is 0 Å². The number of benzene rings is 1. The van der Waals surface area contributed by atoms with Crippen LogP contribution in [0.2, 0.25) is 0 Å². The fraction of sp³-hybridized carbons (Fsp3) is 0.562. The molecule has 1 aromatic rings. The number of carbonyl (C=O) groups is 1. The van der Waals surface area contributed by atoms with Crippen molar-refractivity contribution in [2.45, 2.75) is 39.2 Å². The van der Waals surface area contributed by atoms with Gasteiger partial charge in [0, 0.05) is 19.0 Å². The van der Waals surface area contributed by atoms with Crippen molar-refractivity contribution < 1.29 is 14.3 Å². The second-order valence-corrected chi connectivity index (χ2v) is 5.52. The minimum Gasteiger partial charge on any atom is -0.454 e. The van der Waals surface area contributed by atoms with Gasteiger partial charge in [0.1, 0.15) is 0 Å². The van der Waals surface area contributed by atoms with Crippen molar-refractivity contribution in [1.82, 2.24) is 4.90 Å². The summed E-state index contributed by atoms with van der Waals surface area (Å²) in [5, 5.41) is 0. The molecule has 1 amide bonds. The molecular weight excluding hydrogens is 254 g/mol. The van der Waals surface area contributed by atoms with Gasteiger partial charge in [0.05, 0.1) is 0 Å². The fourth-order valence-corrected chi connectivity index (χ4v) is 3.04. The second kappa shape index (κ2) is 5.73. The van der Waals surface area contributed by atoms with Gasteiger partial charge in [0.25, 0.3) is 0 Å². The monoisotopic (exact) mass is 275 g/mol. The number of rotatable bonds is 4. The Labute approximate surface area is 119 Å². The highest BCUT2D eigenvalue weighted by atomic mass is 16.7. The molecule has 3 rings (SSSR count). The Balaban J connectivity index is 1.69. The molecule has 1 saturated carbocycles. The normalized spacial score (nSPS) is 17.4. The van der Waals surface area contributed by atoms with Crippen LogP contribution in [-0.2, 0) is 11.3 Å². The van der Waals surface area contributed by atoms with Crippen LogP contribution in [0, 0.1) is 5.92 Å². The van der Waals surface area contributed by atoms with E-state index in [-0.39, 0.29) is 12.7 Å². The van der Waals surface area contributed by atoms with E-state index in [4.69, 9.17) is 9.47 Å². The Morgan fingerprint density at radius 3 is 2.75 bits per heavy atom. The molecule has 0 saturated heterocycles. The SMILES string of the molecule is CCN(Cc1ccc2c(c1)OCO2)C(=O)C1CCCC1. The van der Waals surface area contributed by atoms with E-state index < -0.39 is 0 Å². The smallest absolute Gasteiger partial charge is 0.231 e. The van der Waals surface area contributed by atoms with Gasteiger partial charge in [0.15, 0.2) is 11.5 Å². The third-order valence-electron chi connectivity index (χ3n) is 4.21. The summed E-state index contributed by atoms with van der Waals surface area (Å²) < 4.78 is 10.7. The van der Waals surface area contributed by atoms with Crippen LogP contribution in [-0.4, -0.2) is 24.1 Å². The summed E-state index contributed by atoms with van der Waals surface area (Å²) in [4.78, 5) is 14.4. The summed E-state index contributed by atoms with van der Waals surface area (Å²) in [6.45, 7) is 3.74. The predicted octanol–water partition coefficient (Wildman–Crippen LogP) is 2.95. The lowest BCUT2D eigenvalue weighted by Crippen LogP contribution is -2.34. The molecule has 20 heavy (non-hydrogen) atoms. The standard InChI is InChI=1S/C16H21NO3/c1-2-17(16(18)13-5-3-4-6-13)10-12-7-8-14-15(9-12)20-11-19-14/h7-9,13H,2-6,10-11H2,1H3. The molecular formula is C16H21NO3. The Hall–Kier alpha value is -1.71. The van der Waals surface area contributed by atoms with Crippen LogP contribution < -0.4 is 9.47 Å². The molecule has 0 unspecified atom stereocenters. The molecule has 0 N–H and O–H groups in total. The summed E-state index contributed by atoms with van der Waals surface area (Å²) in [5.74, 6) is 2.12. The topological polar surface area (TPSA) is 38.8 Å². The molecule has 1 aliphatic carbocycles. The van der Waals surface area contributed by atoms with E-state index in [1.165, 1.54) is 12.8 Å². The molecule has 2 aliphatic rings. The van der Waals surface area contributed by atoms with Crippen molar-refractivity contribution in [2.75, 3.05) is 13.3 Å². The zero-order valence-electron chi connectivity index (χ0n) is 11.9. The number of hydrogen-bond acceptors (Lipinski definition) is 3. The van der Waals surface area contributed by atoms with Gasteiger partial charge in [-0.25, -0.2) is 0 Å². The Morgan fingerprint density at radius 1 is 1.25 bits per heavy atom. The predicted molar refractivity (Wildman–Crippen MR) is 75.6 cm³/mol. The zero-order valence-corrected chi connectivity index (χ0v) is 11.9. The molecule has 0 bridgehead atoms. The first-order valence-corrected chi connectivity index (χ1v) is 7.45. The largest absolute Gasteiger partial charge is 0.454 e. The van der Waals surface area contributed by atoms with Gasteiger partial charge in [-0.15, -0.1) is 0 Å².